The molecule has 2 N–H and O–H groups in total. The highest BCUT2D eigenvalue weighted by Gasteiger charge is 2.28. The van der Waals surface area contributed by atoms with Gasteiger partial charge in [-0.25, -0.2) is 0 Å². The molecule has 2 aromatic rings. The van der Waals surface area contributed by atoms with Gasteiger partial charge in [-0.3, -0.25) is 10.1 Å². The number of benzene rings is 1. The van der Waals surface area contributed by atoms with Crippen LogP contribution in [0.2, 0.25) is 0 Å². The number of carbonyl (C=O) groups is 1. The molecule has 2 heterocycles. The number of amides is 1. The molecule has 1 atom stereocenters. The van der Waals surface area contributed by atoms with E-state index in [0.717, 1.165) is 16.8 Å². The van der Waals surface area contributed by atoms with E-state index in [1.54, 1.807) is 12.3 Å². The SMILES string of the molecule is Cc1cccc(C2Nc3ccoc3NC2=O)c1. The fraction of sp³-hybridized carbons (Fsp3) is 0.154. The maximum atomic E-state index is 11.9. The lowest BCUT2D eigenvalue weighted by Crippen LogP contribution is -2.31. The molecule has 0 spiro atoms. The predicted octanol–water partition coefficient (Wildman–Crippen LogP) is 2.69. The van der Waals surface area contributed by atoms with Crippen LogP contribution in [-0.4, -0.2) is 5.91 Å². The van der Waals surface area contributed by atoms with Crippen LogP contribution >= 0.6 is 0 Å². The van der Waals surface area contributed by atoms with Gasteiger partial charge in [0.15, 0.2) is 0 Å². The number of hydrogen-bond donors (Lipinski definition) is 2. The molecule has 86 valence electrons. The number of hydrogen-bond acceptors (Lipinski definition) is 3. The zero-order valence-electron chi connectivity index (χ0n) is 9.36. The molecular weight excluding hydrogens is 216 g/mol. The molecule has 0 fully saturated rings. The maximum Gasteiger partial charge on any atom is 0.253 e. The lowest BCUT2D eigenvalue weighted by atomic mass is 10.0. The molecule has 0 saturated carbocycles. The first-order valence-electron chi connectivity index (χ1n) is 5.45. The lowest BCUT2D eigenvalue weighted by Gasteiger charge is -2.23. The van der Waals surface area contributed by atoms with E-state index >= 15 is 0 Å². The van der Waals surface area contributed by atoms with Crippen molar-refractivity contribution in [3.8, 4) is 0 Å². The van der Waals surface area contributed by atoms with Gasteiger partial charge in [-0.15, -0.1) is 0 Å². The van der Waals surface area contributed by atoms with E-state index in [9.17, 15) is 4.79 Å². The second kappa shape index (κ2) is 3.66. The molecule has 0 bridgehead atoms. The highest BCUT2D eigenvalue weighted by molar-refractivity contribution is 6.01. The summed E-state index contributed by atoms with van der Waals surface area (Å²) >= 11 is 0. The van der Waals surface area contributed by atoms with Gasteiger partial charge in [0, 0.05) is 6.07 Å². The van der Waals surface area contributed by atoms with Crippen LogP contribution in [0.1, 0.15) is 17.2 Å². The number of furan rings is 1. The highest BCUT2D eigenvalue weighted by atomic mass is 16.3. The summed E-state index contributed by atoms with van der Waals surface area (Å²) in [6.07, 6.45) is 1.55. The molecule has 4 heteroatoms. The molecule has 0 radical (unpaired) electrons. The standard InChI is InChI=1S/C13H12N2O2/c1-8-3-2-4-9(7-8)11-12(16)15-13-10(14-11)5-6-17-13/h2-7,11,14H,1H3,(H,15,16). The van der Waals surface area contributed by atoms with Crippen molar-refractivity contribution >= 4 is 17.5 Å². The topological polar surface area (TPSA) is 54.3 Å². The quantitative estimate of drug-likeness (QED) is 0.789. The Labute approximate surface area is 98.6 Å². The van der Waals surface area contributed by atoms with Crippen molar-refractivity contribution in [3.63, 3.8) is 0 Å². The summed E-state index contributed by atoms with van der Waals surface area (Å²) in [5, 5.41) is 5.90. The van der Waals surface area contributed by atoms with Crippen molar-refractivity contribution in [2.24, 2.45) is 0 Å². The molecule has 0 saturated heterocycles. The molecule has 1 unspecified atom stereocenters. The van der Waals surface area contributed by atoms with Crippen molar-refractivity contribution in [1.29, 1.82) is 0 Å². The second-order valence-corrected chi connectivity index (χ2v) is 4.14. The van der Waals surface area contributed by atoms with E-state index in [1.165, 1.54) is 0 Å². The summed E-state index contributed by atoms with van der Waals surface area (Å²) in [7, 11) is 0. The lowest BCUT2D eigenvalue weighted by molar-refractivity contribution is -0.117. The first-order chi connectivity index (χ1) is 8.24. The van der Waals surface area contributed by atoms with E-state index in [-0.39, 0.29) is 11.9 Å². The first-order valence-corrected chi connectivity index (χ1v) is 5.45. The minimum atomic E-state index is -0.361. The van der Waals surface area contributed by atoms with E-state index in [2.05, 4.69) is 10.6 Å². The van der Waals surface area contributed by atoms with Gasteiger partial charge in [0.2, 0.25) is 5.88 Å². The van der Waals surface area contributed by atoms with E-state index in [1.807, 2.05) is 31.2 Å². The highest BCUT2D eigenvalue weighted by Crippen LogP contribution is 2.33. The molecule has 0 aliphatic carbocycles. The van der Waals surface area contributed by atoms with Gasteiger partial charge >= 0.3 is 0 Å². The molecule has 4 nitrogen and oxygen atoms in total. The third-order valence-electron chi connectivity index (χ3n) is 2.84. The van der Waals surface area contributed by atoms with Crippen molar-refractivity contribution < 1.29 is 9.21 Å². The van der Waals surface area contributed by atoms with E-state index in [4.69, 9.17) is 4.42 Å². The van der Waals surface area contributed by atoms with Crippen LogP contribution in [0.4, 0.5) is 11.6 Å². The summed E-state index contributed by atoms with van der Waals surface area (Å²) in [4.78, 5) is 11.9. The number of anilines is 2. The smallest absolute Gasteiger partial charge is 0.253 e. The maximum absolute atomic E-state index is 11.9. The largest absolute Gasteiger partial charge is 0.446 e. The van der Waals surface area contributed by atoms with Gasteiger partial charge in [-0.2, -0.15) is 0 Å². The van der Waals surface area contributed by atoms with Gasteiger partial charge in [-0.1, -0.05) is 29.8 Å². The molecule has 3 rings (SSSR count). The third kappa shape index (κ3) is 1.67. The Kier molecular flexibility index (Phi) is 2.14. The number of rotatable bonds is 1. The molecule has 17 heavy (non-hydrogen) atoms. The number of fused-ring (bicyclic) bond motifs is 1. The van der Waals surface area contributed by atoms with Crippen LogP contribution in [0.25, 0.3) is 0 Å². The summed E-state index contributed by atoms with van der Waals surface area (Å²) in [6, 6.07) is 9.34. The zero-order chi connectivity index (χ0) is 11.8. The average molecular weight is 228 g/mol. The molecule has 1 amide bonds. The van der Waals surface area contributed by atoms with Crippen LogP contribution in [0.15, 0.2) is 41.0 Å². The first kappa shape index (κ1) is 9.96. The van der Waals surface area contributed by atoms with Crippen molar-refractivity contribution in [2.45, 2.75) is 13.0 Å². The van der Waals surface area contributed by atoms with Gasteiger partial charge in [-0.05, 0) is 12.5 Å². The van der Waals surface area contributed by atoms with Crippen molar-refractivity contribution in [1.82, 2.24) is 0 Å². The fourth-order valence-electron chi connectivity index (χ4n) is 2.01. The monoisotopic (exact) mass is 228 g/mol. The Morgan fingerprint density at radius 3 is 3.00 bits per heavy atom. The van der Waals surface area contributed by atoms with E-state index in [0.29, 0.717) is 5.88 Å². The van der Waals surface area contributed by atoms with Crippen molar-refractivity contribution in [2.75, 3.05) is 10.6 Å². The number of nitrogens with one attached hydrogen (secondary N) is 2. The van der Waals surface area contributed by atoms with Crippen LogP contribution in [0, 0.1) is 6.92 Å². The van der Waals surface area contributed by atoms with Crippen LogP contribution < -0.4 is 10.6 Å². The van der Waals surface area contributed by atoms with E-state index < -0.39 is 0 Å². The van der Waals surface area contributed by atoms with Gasteiger partial charge in [0.05, 0.1) is 12.0 Å². The summed E-state index contributed by atoms with van der Waals surface area (Å²) in [6.45, 7) is 2.01. The minimum Gasteiger partial charge on any atom is -0.446 e. The van der Waals surface area contributed by atoms with Crippen LogP contribution in [0.5, 0.6) is 0 Å². The van der Waals surface area contributed by atoms with Crippen LogP contribution in [-0.2, 0) is 4.79 Å². The van der Waals surface area contributed by atoms with Gasteiger partial charge in [0.25, 0.3) is 5.91 Å². The minimum absolute atomic E-state index is 0.0990. The Morgan fingerprint density at radius 2 is 2.18 bits per heavy atom. The number of carbonyl (C=O) groups excluding carboxylic acids is 1. The number of aryl methyl sites for hydroxylation is 1. The molecule has 1 aromatic carbocycles. The van der Waals surface area contributed by atoms with Gasteiger partial charge in [0.1, 0.15) is 6.04 Å². The Morgan fingerprint density at radius 1 is 1.29 bits per heavy atom. The average Bonchev–Trinajstić information content (AvgIpc) is 2.75. The summed E-state index contributed by atoms with van der Waals surface area (Å²) < 4.78 is 5.14. The molecule has 1 aliphatic heterocycles. The summed E-state index contributed by atoms with van der Waals surface area (Å²) in [5.74, 6) is 0.386. The Bertz CT molecular complexity index is 574. The molecule has 1 aromatic heterocycles. The molecular formula is C13H12N2O2. The van der Waals surface area contributed by atoms with Crippen molar-refractivity contribution in [3.05, 3.63) is 47.7 Å². The normalized spacial score (nSPS) is 18.2. The zero-order valence-corrected chi connectivity index (χ0v) is 9.36. The van der Waals surface area contributed by atoms with Crippen LogP contribution in [0.3, 0.4) is 0 Å². The molecule has 1 aliphatic rings. The third-order valence-corrected chi connectivity index (χ3v) is 2.84. The summed E-state index contributed by atoms with van der Waals surface area (Å²) in [5.41, 5.74) is 2.90. The Balaban J connectivity index is 1.98. The second-order valence-electron chi connectivity index (χ2n) is 4.14. The van der Waals surface area contributed by atoms with Gasteiger partial charge < -0.3 is 9.73 Å². The predicted molar refractivity (Wildman–Crippen MR) is 64.9 cm³/mol. The Hall–Kier alpha value is -2.23. The fourth-order valence-corrected chi connectivity index (χ4v) is 2.01.